The van der Waals surface area contributed by atoms with E-state index in [4.69, 9.17) is 9.72 Å². The molecule has 0 aliphatic carbocycles. The van der Waals surface area contributed by atoms with Crippen LogP contribution in [0.15, 0.2) is 36.4 Å². The zero-order chi connectivity index (χ0) is 19.6. The molecule has 0 saturated carbocycles. The second kappa shape index (κ2) is 9.37. The number of hydrogen-bond acceptors (Lipinski definition) is 5. The second-order valence-corrected chi connectivity index (χ2v) is 7.86. The molecule has 0 fully saturated rings. The van der Waals surface area contributed by atoms with Crippen LogP contribution in [0.2, 0.25) is 0 Å². The van der Waals surface area contributed by atoms with Gasteiger partial charge in [0.2, 0.25) is 0 Å². The molecule has 1 heterocycles. The molecule has 0 unspecified atom stereocenters. The van der Waals surface area contributed by atoms with Gasteiger partial charge in [-0.2, -0.15) is 0 Å². The monoisotopic (exact) mass is 418 g/mol. The van der Waals surface area contributed by atoms with Crippen molar-refractivity contribution in [3.63, 3.8) is 0 Å². The van der Waals surface area contributed by atoms with Crippen molar-refractivity contribution in [3.05, 3.63) is 53.1 Å². The summed E-state index contributed by atoms with van der Waals surface area (Å²) in [5.41, 5.74) is 3.85. The maximum absolute atomic E-state index is 13.4. The number of anilines is 1. The van der Waals surface area contributed by atoms with E-state index in [1.807, 2.05) is 32.3 Å². The topological polar surface area (TPSA) is 45.7 Å². The summed E-state index contributed by atoms with van der Waals surface area (Å²) in [6.45, 7) is 5.45. The van der Waals surface area contributed by atoms with Crippen LogP contribution in [0.1, 0.15) is 21.5 Å². The number of hydrogen-bond donors (Lipinski definition) is 0. The van der Waals surface area contributed by atoms with Crippen LogP contribution >= 0.6 is 11.3 Å². The van der Waals surface area contributed by atoms with Crippen LogP contribution in [-0.2, 0) is 0 Å². The van der Waals surface area contributed by atoms with Crippen LogP contribution < -0.4 is 22.0 Å². The summed E-state index contributed by atoms with van der Waals surface area (Å²) in [7, 11) is 5.58. The Morgan fingerprint density at radius 2 is 1.86 bits per heavy atom. The fraction of sp³-hybridized carbons (Fsp3) is 0.333. The van der Waals surface area contributed by atoms with E-state index in [0.717, 1.165) is 21.9 Å². The van der Waals surface area contributed by atoms with Gasteiger partial charge in [0.15, 0.2) is 5.13 Å². The third-order valence-electron chi connectivity index (χ3n) is 4.39. The van der Waals surface area contributed by atoms with Crippen LogP contribution in [0.5, 0.6) is 5.75 Å². The minimum atomic E-state index is -0.0947. The smallest absolute Gasteiger partial charge is 0.263 e. The molecule has 0 radical (unpaired) electrons. The molecule has 150 valence electrons. The van der Waals surface area contributed by atoms with Gasteiger partial charge in [0.25, 0.3) is 5.91 Å². The SMILES string of the molecule is COc1ccccc1C(=O)N(CCN(C)C)c1nc2cc(C)cc(C)c2s1.[Cl-]. The first-order chi connectivity index (χ1) is 12.9. The number of aryl methyl sites for hydroxylation is 2. The number of fused-ring (bicyclic) bond motifs is 1. The predicted molar refractivity (Wildman–Crippen MR) is 112 cm³/mol. The lowest BCUT2D eigenvalue weighted by Gasteiger charge is -2.22. The highest BCUT2D eigenvalue weighted by atomic mass is 35.5. The van der Waals surface area contributed by atoms with E-state index in [2.05, 4.69) is 30.9 Å². The molecule has 1 amide bonds. The number of carbonyl (C=O) groups excluding carboxylic acids is 1. The average molecular weight is 419 g/mol. The highest BCUT2D eigenvalue weighted by molar-refractivity contribution is 7.22. The van der Waals surface area contributed by atoms with Gasteiger partial charge in [-0.3, -0.25) is 9.69 Å². The van der Waals surface area contributed by atoms with Crippen LogP contribution in [-0.4, -0.2) is 50.1 Å². The third-order valence-corrected chi connectivity index (χ3v) is 5.62. The molecule has 2 aromatic carbocycles. The zero-order valence-corrected chi connectivity index (χ0v) is 18.4. The van der Waals surface area contributed by atoms with E-state index in [0.29, 0.717) is 17.9 Å². The van der Waals surface area contributed by atoms with Crippen molar-refractivity contribution in [1.82, 2.24) is 9.88 Å². The van der Waals surface area contributed by atoms with Crippen LogP contribution in [0, 0.1) is 13.8 Å². The lowest BCUT2D eigenvalue weighted by molar-refractivity contribution is -0.0000139. The molecule has 3 aromatic rings. The summed E-state index contributed by atoms with van der Waals surface area (Å²) in [6.07, 6.45) is 0. The zero-order valence-electron chi connectivity index (χ0n) is 16.8. The van der Waals surface area contributed by atoms with Gasteiger partial charge in [-0.1, -0.05) is 29.5 Å². The number of thiazole rings is 1. The van der Waals surface area contributed by atoms with Crippen molar-refractivity contribution in [2.75, 3.05) is 39.2 Å². The average Bonchev–Trinajstić information content (AvgIpc) is 3.05. The van der Waals surface area contributed by atoms with Gasteiger partial charge in [0, 0.05) is 13.1 Å². The number of halogens is 1. The molecule has 28 heavy (non-hydrogen) atoms. The lowest BCUT2D eigenvalue weighted by atomic mass is 10.1. The van der Waals surface area contributed by atoms with Gasteiger partial charge in [0.1, 0.15) is 5.75 Å². The maximum atomic E-state index is 13.4. The van der Waals surface area contributed by atoms with Crippen LogP contribution in [0.3, 0.4) is 0 Å². The number of aromatic nitrogens is 1. The van der Waals surface area contributed by atoms with Crippen molar-refractivity contribution >= 4 is 32.6 Å². The number of amides is 1. The minimum Gasteiger partial charge on any atom is -1.00 e. The van der Waals surface area contributed by atoms with Gasteiger partial charge in [0.05, 0.1) is 22.9 Å². The number of ether oxygens (including phenoxy) is 1. The Morgan fingerprint density at radius 1 is 1.14 bits per heavy atom. The molecule has 0 N–H and O–H groups in total. The summed E-state index contributed by atoms with van der Waals surface area (Å²) in [4.78, 5) is 22.0. The summed E-state index contributed by atoms with van der Waals surface area (Å²) in [5.74, 6) is 0.480. The molecular weight excluding hydrogens is 394 g/mol. The third kappa shape index (κ3) is 4.63. The van der Waals surface area contributed by atoms with Crippen molar-refractivity contribution in [1.29, 1.82) is 0 Å². The Kier molecular flexibility index (Phi) is 7.41. The van der Waals surface area contributed by atoms with E-state index in [1.165, 1.54) is 11.1 Å². The highest BCUT2D eigenvalue weighted by Crippen LogP contribution is 2.33. The fourth-order valence-electron chi connectivity index (χ4n) is 3.03. The summed E-state index contributed by atoms with van der Waals surface area (Å²) in [5, 5.41) is 0.719. The first-order valence-electron chi connectivity index (χ1n) is 8.88. The summed E-state index contributed by atoms with van der Waals surface area (Å²) in [6, 6.07) is 11.5. The van der Waals surface area contributed by atoms with Gasteiger partial charge < -0.3 is 22.0 Å². The number of benzene rings is 2. The minimum absolute atomic E-state index is 0. The Labute approximate surface area is 176 Å². The van der Waals surface area contributed by atoms with Gasteiger partial charge in [-0.25, -0.2) is 4.98 Å². The van der Waals surface area contributed by atoms with Crippen molar-refractivity contribution in [2.24, 2.45) is 0 Å². The quantitative estimate of drug-likeness (QED) is 0.602. The molecule has 7 heteroatoms. The summed E-state index contributed by atoms with van der Waals surface area (Å²) < 4.78 is 6.52. The Hall–Kier alpha value is -2.15. The molecule has 0 spiro atoms. The summed E-state index contributed by atoms with van der Waals surface area (Å²) >= 11 is 1.56. The van der Waals surface area contributed by atoms with Crippen molar-refractivity contribution in [3.8, 4) is 5.75 Å². The standard InChI is InChI=1S/C21H25N3O2S.ClH/c1-14-12-15(2)19-17(13-14)22-21(27-19)24(11-10-23(3)4)20(25)16-8-6-7-9-18(16)26-5;/h6-9,12-13H,10-11H2,1-5H3;1H/p-1. The number of likely N-dealkylation sites (N-methyl/N-ethyl adjacent to an activating group) is 1. The highest BCUT2D eigenvalue weighted by Gasteiger charge is 2.24. The molecule has 1 aromatic heterocycles. The van der Waals surface area contributed by atoms with E-state index in [-0.39, 0.29) is 18.3 Å². The van der Waals surface area contributed by atoms with E-state index >= 15 is 0 Å². The number of para-hydroxylation sites is 1. The number of nitrogens with zero attached hydrogens (tertiary/aromatic N) is 3. The molecular formula is C21H25ClN3O2S-. The fourth-order valence-corrected chi connectivity index (χ4v) is 4.07. The molecule has 3 rings (SSSR count). The van der Waals surface area contributed by atoms with E-state index in [1.54, 1.807) is 29.4 Å². The molecule has 0 aliphatic rings. The number of methoxy groups -OCH3 is 1. The van der Waals surface area contributed by atoms with Gasteiger partial charge >= 0.3 is 0 Å². The van der Waals surface area contributed by atoms with E-state index in [9.17, 15) is 4.79 Å². The second-order valence-electron chi connectivity index (χ2n) is 6.89. The Balaban J connectivity index is 0.00000280. The van der Waals surface area contributed by atoms with Crippen LogP contribution in [0.25, 0.3) is 10.2 Å². The molecule has 5 nitrogen and oxygen atoms in total. The van der Waals surface area contributed by atoms with E-state index < -0.39 is 0 Å². The van der Waals surface area contributed by atoms with Crippen molar-refractivity contribution in [2.45, 2.75) is 13.8 Å². The van der Waals surface area contributed by atoms with Gasteiger partial charge in [-0.05, 0) is 57.3 Å². The molecule has 0 aliphatic heterocycles. The molecule has 0 atom stereocenters. The van der Waals surface area contributed by atoms with Crippen LogP contribution in [0.4, 0.5) is 5.13 Å². The largest absolute Gasteiger partial charge is 1.00 e. The Morgan fingerprint density at radius 3 is 2.54 bits per heavy atom. The van der Waals surface area contributed by atoms with Gasteiger partial charge in [-0.15, -0.1) is 0 Å². The molecule has 0 saturated heterocycles. The number of carbonyl (C=O) groups is 1. The Bertz CT molecular complexity index is 971. The molecule has 0 bridgehead atoms. The lowest BCUT2D eigenvalue weighted by Crippen LogP contribution is -3.00. The maximum Gasteiger partial charge on any atom is 0.263 e. The first-order valence-corrected chi connectivity index (χ1v) is 9.69. The van der Waals surface area contributed by atoms with Crippen molar-refractivity contribution < 1.29 is 21.9 Å². The normalized spacial score (nSPS) is 10.8. The first kappa shape index (κ1) is 22.1. The number of rotatable bonds is 6. The predicted octanol–water partition coefficient (Wildman–Crippen LogP) is 1.13.